The number of benzene rings is 2. The third-order valence-electron chi connectivity index (χ3n) is 4.71. The summed E-state index contributed by atoms with van der Waals surface area (Å²) in [6.07, 6.45) is -7.72. The van der Waals surface area contributed by atoms with Gasteiger partial charge in [-0.25, -0.2) is 23.5 Å². The predicted molar refractivity (Wildman–Crippen MR) is 117 cm³/mol. The standard InChI is InChI=1S/C20H14BrClF4N6O2/c21-18-27-16(28-32(18)14-3-1-2-13(23)8-14)10-31-19(34)30(9-15(33)20(24,25)26)17(29-31)11-4-6-12(22)7-5-11/h1-8,15,33H,9-10H2. The van der Waals surface area contributed by atoms with Crippen LogP contribution in [0.1, 0.15) is 5.82 Å². The van der Waals surface area contributed by atoms with Gasteiger partial charge in [-0.2, -0.15) is 13.2 Å². The number of aliphatic hydroxyl groups excluding tert-OH is 1. The molecule has 0 radical (unpaired) electrons. The van der Waals surface area contributed by atoms with Crippen LogP contribution >= 0.6 is 27.5 Å². The molecule has 0 bridgehead atoms. The molecule has 2 heterocycles. The first-order valence-electron chi connectivity index (χ1n) is 9.58. The van der Waals surface area contributed by atoms with Crippen molar-refractivity contribution in [3.63, 3.8) is 0 Å². The zero-order chi connectivity index (χ0) is 24.6. The van der Waals surface area contributed by atoms with Crippen molar-refractivity contribution in [2.45, 2.75) is 25.4 Å². The number of hydrogen-bond acceptors (Lipinski definition) is 5. The number of hydrogen-bond donors (Lipinski definition) is 1. The number of halogens is 6. The van der Waals surface area contributed by atoms with Crippen LogP contribution in [0, 0.1) is 5.82 Å². The van der Waals surface area contributed by atoms with Crippen molar-refractivity contribution in [1.82, 2.24) is 29.1 Å². The van der Waals surface area contributed by atoms with Gasteiger partial charge in [0.1, 0.15) is 12.4 Å². The van der Waals surface area contributed by atoms with Crippen LogP contribution in [0.3, 0.4) is 0 Å². The molecule has 0 saturated carbocycles. The summed E-state index contributed by atoms with van der Waals surface area (Å²) in [4.78, 5) is 17.1. The molecule has 0 aliphatic heterocycles. The molecule has 0 fully saturated rings. The molecule has 0 amide bonds. The molecule has 0 saturated heterocycles. The van der Waals surface area contributed by atoms with E-state index in [0.29, 0.717) is 16.3 Å². The smallest absolute Gasteiger partial charge is 0.382 e. The predicted octanol–water partition coefficient (Wildman–Crippen LogP) is 3.82. The largest absolute Gasteiger partial charge is 0.416 e. The first-order chi connectivity index (χ1) is 16.0. The highest BCUT2D eigenvalue weighted by atomic mass is 79.9. The van der Waals surface area contributed by atoms with Crippen molar-refractivity contribution >= 4 is 27.5 Å². The molecular weight excluding hydrogens is 548 g/mol. The number of nitrogens with zero attached hydrogens (tertiary/aromatic N) is 6. The average Bonchev–Trinajstić information content (AvgIpc) is 3.28. The van der Waals surface area contributed by atoms with Crippen molar-refractivity contribution in [2.24, 2.45) is 0 Å². The molecule has 0 aliphatic carbocycles. The summed E-state index contributed by atoms with van der Waals surface area (Å²) in [5.41, 5.74) is -0.237. The minimum Gasteiger partial charge on any atom is -0.382 e. The van der Waals surface area contributed by atoms with Gasteiger partial charge in [-0.05, 0) is 58.4 Å². The number of alkyl halides is 3. The fraction of sp³-hybridized carbons (Fsp3) is 0.200. The summed E-state index contributed by atoms with van der Waals surface area (Å²) >= 11 is 9.09. The zero-order valence-corrected chi connectivity index (χ0v) is 19.3. The van der Waals surface area contributed by atoms with E-state index in [0.717, 1.165) is 9.25 Å². The molecule has 4 aromatic rings. The maximum absolute atomic E-state index is 13.6. The Labute approximate surface area is 202 Å². The van der Waals surface area contributed by atoms with Gasteiger partial charge in [-0.3, -0.25) is 4.57 Å². The number of aliphatic hydroxyl groups is 1. The van der Waals surface area contributed by atoms with Gasteiger partial charge in [0, 0.05) is 10.6 Å². The molecule has 1 unspecified atom stereocenters. The van der Waals surface area contributed by atoms with Crippen LogP contribution in [-0.4, -0.2) is 46.5 Å². The Morgan fingerprint density at radius 1 is 1.12 bits per heavy atom. The lowest BCUT2D eigenvalue weighted by atomic mass is 10.2. The molecule has 2 aromatic heterocycles. The Balaban J connectivity index is 1.73. The van der Waals surface area contributed by atoms with Crippen LogP contribution in [0.15, 0.2) is 58.1 Å². The molecule has 1 atom stereocenters. The second-order valence-electron chi connectivity index (χ2n) is 7.13. The number of rotatable bonds is 6. The third-order valence-corrected chi connectivity index (χ3v) is 5.48. The lowest BCUT2D eigenvalue weighted by molar-refractivity contribution is -0.207. The molecule has 8 nitrogen and oxygen atoms in total. The van der Waals surface area contributed by atoms with Gasteiger partial charge in [0.05, 0.1) is 12.2 Å². The fourth-order valence-corrected chi connectivity index (χ4v) is 3.72. The second kappa shape index (κ2) is 9.31. The highest BCUT2D eigenvalue weighted by Crippen LogP contribution is 2.24. The highest BCUT2D eigenvalue weighted by molar-refractivity contribution is 9.10. The van der Waals surface area contributed by atoms with Gasteiger partial charge in [0.25, 0.3) is 0 Å². The Morgan fingerprint density at radius 2 is 1.82 bits per heavy atom. The minimum absolute atomic E-state index is 0.0851. The van der Waals surface area contributed by atoms with E-state index in [1.54, 1.807) is 6.07 Å². The van der Waals surface area contributed by atoms with E-state index < -0.39 is 30.3 Å². The van der Waals surface area contributed by atoms with E-state index in [4.69, 9.17) is 11.6 Å². The molecule has 178 valence electrons. The van der Waals surface area contributed by atoms with E-state index in [1.165, 1.54) is 47.1 Å². The lowest BCUT2D eigenvalue weighted by Crippen LogP contribution is -2.37. The van der Waals surface area contributed by atoms with Gasteiger partial charge in [-0.15, -0.1) is 10.2 Å². The monoisotopic (exact) mass is 560 g/mol. The van der Waals surface area contributed by atoms with E-state index >= 15 is 0 Å². The van der Waals surface area contributed by atoms with Crippen LogP contribution < -0.4 is 5.69 Å². The summed E-state index contributed by atoms with van der Waals surface area (Å²) in [6, 6.07) is 11.5. The molecule has 0 aliphatic rings. The average molecular weight is 562 g/mol. The van der Waals surface area contributed by atoms with Crippen LogP contribution in [0.5, 0.6) is 0 Å². The van der Waals surface area contributed by atoms with Crippen molar-refractivity contribution in [2.75, 3.05) is 0 Å². The van der Waals surface area contributed by atoms with Crippen molar-refractivity contribution in [3.8, 4) is 17.1 Å². The van der Waals surface area contributed by atoms with E-state index in [-0.39, 0.29) is 22.9 Å². The fourth-order valence-electron chi connectivity index (χ4n) is 3.10. The topological polar surface area (TPSA) is 90.8 Å². The summed E-state index contributed by atoms with van der Waals surface area (Å²) in [5, 5.41) is 18.3. The minimum atomic E-state index is -4.94. The molecule has 2 aromatic carbocycles. The van der Waals surface area contributed by atoms with E-state index in [9.17, 15) is 27.5 Å². The third kappa shape index (κ3) is 5.05. The Bertz CT molecular complexity index is 1380. The zero-order valence-electron chi connectivity index (χ0n) is 16.9. The van der Waals surface area contributed by atoms with Crippen molar-refractivity contribution in [1.29, 1.82) is 0 Å². The molecule has 14 heteroatoms. The molecule has 1 N–H and O–H groups in total. The summed E-state index contributed by atoms with van der Waals surface area (Å²) in [6.45, 7) is -1.36. The van der Waals surface area contributed by atoms with Gasteiger partial charge in [0.15, 0.2) is 22.5 Å². The van der Waals surface area contributed by atoms with Gasteiger partial charge >= 0.3 is 11.9 Å². The van der Waals surface area contributed by atoms with E-state index in [2.05, 4.69) is 31.1 Å². The Kier molecular flexibility index (Phi) is 6.60. The Morgan fingerprint density at radius 3 is 2.47 bits per heavy atom. The van der Waals surface area contributed by atoms with Crippen LogP contribution in [0.2, 0.25) is 5.02 Å². The highest BCUT2D eigenvalue weighted by Gasteiger charge is 2.39. The maximum Gasteiger partial charge on any atom is 0.416 e. The SMILES string of the molecule is O=c1n(Cc2nc(Br)n(-c3cccc(F)c3)n2)nc(-c2ccc(Cl)cc2)n1CC(O)C(F)(F)F. The van der Waals surface area contributed by atoms with Gasteiger partial charge < -0.3 is 5.11 Å². The van der Waals surface area contributed by atoms with Crippen LogP contribution in [0.25, 0.3) is 17.1 Å². The first kappa shape index (κ1) is 24.1. The van der Waals surface area contributed by atoms with Crippen molar-refractivity contribution < 1.29 is 22.7 Å². The van der Waals surface area contributed by atoms with E-state index in [1.807, 2.05) is 0 Å². The normalized spacial score (nSPS) is 12.8. The Hall–Kier alpha value is -3.03. The number of aromatic nitrogens is 6. The molecule has 4 rings (SSSR count). The molecule has 34 heavy (non-hydrogen) atoms. The maximum atomic E-state index is 13.6. The summed E-state index contributed by atoms with van der Waals surface area (Å²) in [7, 11) is 0. The van der Waals surface area contributed by atoms with Crippen molar-refractivity contribution in [3.05, 3.63) is 80.4 Å². The molecular formula is C20H14BrClF4N6O2. The summed E-state index contributed by atoms with van der Waals surface area (Å²) < 4.78 is 55.6. The van der Waals surface area contributed by atoms with Gasteiger partial charge in [-0.1, -0.05) is 17.7 Å². The van der Waals surface area contributed by atoms with Crippen LogP contribution in [-0.2, 0) is 13.1 Å². The second-order valence-corrected chi connectivity index (χ2v) is 8.27. The molecule has 0 spiro atoms. The lowest BCUT2D eigenvalue weighted by Gasteiger charge is -2.15. The van der Waals surface area contributed by atoms with Gasteiger partial charge in [0.2, 0.25) is 0 Å². The first-order valence-corrected chi connectivity index (χ1v) is 10.8. The van der Waals surface area contributed by atoms with Crippen LogP contribution in [0.4, 0.5) is 17.6 Å². The summed E-state index contributed by atoms with van der Waals surface area (Å²) in [5.74, 6) is -0.511. The quantitative estimate of drug-likeness (QED) is 0.362.